The second kappa shape index (κ2) is 5.75. The molecule has 0 bridgehead atoms. The van der Waals surface area contributed by atoms with Crippen molar-refractivity contribution in [2.24, 2.45) is 0 Å². The lowest BCUT2D eigenvalue weighted by atomic mass is 9.94. The van der Waals surface area contributed by atoms with Gasteiger partial charge in [-0.15, -0.1) is 0 Å². The van der Waals surface area contributed by atoms with Crippen LogP contribution >= 0.6 is 0 Å². The summed E-state index contributed by atoms with van der Waals surface area (Å²) in [5, 5.41) is 8.89. The Labute approximate surface area is 112 Å². The number of hydrogen-bond donors (Lipinski definition) is 0. The van der Waals surface area contributed by atoms with E-state index in [0.717, 1.165) is 19.3 Å². The first-order valence-corrected chi connectivity index (χ1v) is 6.52. The maximum absolute atomic E-state index is 11.3. The summed E-state index contributed by atoms with van der Waals surface area (Å²) in [7, 11) is 0. The molecule has 1 aromatic rings. The second-order valence-corrected chi connectivity index (χ2v) is 4.81. The van der Waals surface area contributed by atoms with Crippen molar-refractivity contribution in [1.82, 2.24) is 0 Å². The minimum atomic E-state index is -0.863. The number of nitriles is 1. The Balaban J connectivity index is 2.19. The molecule has 0 aliphatic heterocycles. The van der Waals surface area contributed by atoms with Crippen LogP contribution < -0.4 is 4.74 Å². The monoisotopic (exact) mass is 259 g/mol. The summed E-state index contributed by atoms with van der Waals surface area (Å²) >= 11 is 0. The van der Waals surface area contributed by atoms with Crippen LogP contribution in [-0.2, 0) is 9.53 Å². The van der Waals surface area contributed by atoms with Gasteiger partial charge >= 0.3 is 5.97 Å². The van der Waals surface area contributed by atoms with Crippen molar-refractivity contribution >= 4 is 5.97 Å². The number of nitrogens with zero attached hydrogens (tertiary/aromatic N) is 1. The van der Waals surface area contributed by atoms with Crippen LogP contribution in [-0.4, -0.2) is 11.8 Å². The molecule has 0 amide bonds. The van der Waals surface area contributed by atoms with Gasteiger partial charge in [0, 0.05) is 19.8 Å². The summed E-state index contributed by atoms with van der Waals surface area (Å²) in [6.07, 6.45) is 4.48. The zero-order valence-corrected chi connectivity index (χ0v) is 11.0. The van der Waals surface area contributed by atoms with Gasteiger partial charge < -0.3 is 9.47 Å². The van der Waals surface area contributed by atoms with Gasteiger partial charge in [0.25, 0.3) is 5.79 Å². The van der Waals surface area contributed by atoms with E-state index in [0.29, 0.717) is 24.2 Å². The van der Waals surface area contributed by atoms with E-state index in [1.54, 1.807) is 24.3 Å². The number of rotatable bonds is 3. The Kier molecular flexibility index (Phi) is 4.06. The van der Waals surface area contributed by atoms with E-state index in [-0.39, 0.29) is 5.97 Å². The van der Waals surface area contributed by atoms with E-state index in [4.69, 9.17) is 14.7 Å². The van der Waals surface area contributed by atoms with E-state index < -0.39 is 5.79 Å². The highest BCUT2D eigenvalue weighted by Crippen LogP contribution is 2.34. The number of carbonyl (C=O) groups is 1. The maximum Gasteiger partial charge on any atom is 0.305 e. The Hall–Kier alpha value is -2.02. The molecule has 100 valence electrons. The number of benzene rings is 1. The van der Waals surface area contributed by atoms with Crippen LogP contribution in [0.5, 0.6) is 5.75 Å². The highest BCUT2D eigenvalue weighted by Gasteiger charge is 2.37. The van der Waals surface area contributed by atoms with Gasteiger partial charge in [0.2, 0.25) is 0 Å². The molecule has 0 spiro atoms. The lowest BCUT2D eigenvalue weighted by Gasteiger charge is -2.36. The predicted octanol–water partition coefficient (Wildman–Crippen LogP) is 3.16. The molecular formula is C15H17NO3. The molecule has 1 aliphatic carbocycles. The topological polar surface area (TPSA) is 59.3 Å². The van der Waals surface area contributed by atoms with Crippen molar-refractivity contribution in [2.75, 3.05) is 0 Å². The molecule has 1 aromatic carbocycles. The first-order chi connectivity index (χ1) is 9.13. The van der Waals surface area contributed by atoms with Gasteiger partial charge in [-0.25, -0.2) is 0 Å². The summed E-state index contributed by atoms with van der Waals surface area (Å²) in [4.78, 5) is 11.3. The van der Waals surface area contributed by atoms with Crippen LogP contribution in [0.4, 0.5) is 0 Å². The van der Waals surface area contributed by atoms with E-state index >= 15 is 0 Å². The molecule has 0 atom stereocenters. The quantitative estimate of drug-likeness (QED) is 0.618. The van der Waals surface area contributed by atoms with Gasteiger partial charge in [-0.3, -0.25) is 4.79 Å². The molecule has 1 fully saturated rings. The molecule has 4 heteroatoms. The molecule has 2 rings (SSSR count). The fraction of sp³-hybridized carbons (Fsp3) is 0.467. The van der Waals surface area contributed by atoms with Gasteiger partial charge in [0.1, 0.15) is 5.75 Å². The van der Waals surface area contributed by atoms with Gasteiger partial charge in [-0.1, -0.05) is 12.5 Å². The zero-order chi connectivity index (χ0) is 13.7. The third-order valence-electron chi connectivity index (χ3n) is 3.21. The summed E-state index contributed by atoms with van der Waals surface area (Å²) in [6, 6.07) is 8.99. The van der Waals surface area contributed by atoms with Gasteiger partial charge in [0.15, 0.2) is 0 Å². The summed E-state index contributed by atoms with van der Waals surface area (Å²) in [5.74, 6) is -0.626. The fourth-order valence-electron chi connectivity index (χ4n) is 2.42. The van der Waals surface area contributed by atoms with E-state index in [2.05, 4.69) is 6.07 Å². The normalized spacial score (nSPS) is 17.3. The van der Waals surface area contributed by atoms with Crippen molar-refractivity contribution < 1.29 is 14.3 Å². The zero-order valence-electron chi connectivity index (χ0n) is 11.0. The first kappa shape index (κ1) is 13.4. The third-order valence-corrected chi connectivity index (χ3v) is 3.21. The maximum atomic E-state index is 11.3. The molecule has 0 unspecified atom stereocenters. The minimum Gasteiger partial charge on any atom is -0.452 e. The lowest BCUT2D eigenvalue weighted by Crippen LogP contribution is -2.42. The van der Waals surface area contributed by atoms with Crippen molar-refractivity contribution in [3.05, 3.63) is 29.8 Å². The predicted molar refractivity (Wildman–Crippen MR) is 69.4 cm³/mol. The second-order valence-electron chi connectivity index (χ2n) is 4.81. The summed E-state index contributed by atoms with van der Waals surface area (Å²) in [6.45, 7) is 1.39. The number of hydrogen-bond acceptors (Lipinski definition) is 4. The average molecular weight is 259 g/mol. The van der Waals surface area contributed by atoms with Crippen molar-refractivity contribution in [2.45, 2.75) is 44.8 Å². The Bertz CT molecular complexity index is 498. The minimum absolute atomic E-state index is 0.335. The molecule has 0 heterocycles. The highest BCUT2D eigenvalue weighted by atomic mass is 16.7. The fourth-order valence-corrected chi connectivity index (χ4v) is 2.42. The smallest absolute Gasteiger partial charge is 0.305 e. The lowest BCUT2D eigenvalue weighted by molar-refractivity contribution is -0.206. The van der Waals surface area contributed by atoms with Crippen LogP contribution in [0.2, 0.25) is 0 Å². The Morgan fingerprint density at radius 3 is 2.68 bits per heavy atom. The van der Waals surface area contributed by atoms with Crippen LogP contribution in [0.25, 0.3) is 0 Å². The molecule has 0 radical (unpaired) electrons. The van der Waals surface area contributed by atoms with Crippen LogP contribution in [0.15, 0.2) is 24.3 Å². The Morgan fingerprint density at radius 1 is 1.32 bits per heavy atom. The van der Waals surface area contributed by atoms with Gasteiger partial charge in [-0.2, -0.15) is 5.26 Å². The molecule has 4 nitrogen and oxygen atoms in total. The Morgan fingerprint density at radius 2 is 2.05 bits per heavy atom. The highest BCUT2D eigenvalue weighted by molar-refractivity contribution is 5.66. The van der Waals surface area contributed by atoms with E-state index in [1.807, 2.05) is 0 Å². The number of esters is 1. The van der Waals surface area contributed by atoms with Crippen LogP contribution in [0.3, 0.4) is 0 Å². The van der Waals surface area contributed by atoms with E-state index in [9.17, 15) is 4.79 Å². The number of ether oxygens (including phenoxy) is 2. The molecule has 0 N–H and O–H groups in total. The average Bonchev–Trinajstić information content (AvgIpc) is 2.39. The van der Waals surface area contributed by atoms with Crippen LogP contribution in [0.1, 0.15) is 44.6 Å². The van der Waals surface area contributed by atoms with E-state index in [1.165, 1.54) is 6.92 Å². The molecule has 1 aliphatic rings. The van der Waals surface area contributed by atoms with Crippen molar-refractivity contribution in [1.29, 1.82) is 5.26 Å². The molecule has 19 heavy (non-hydrogen) atoms. The molecular weight excluding hydrogens is 242 g/mol. The largest absolute Gasteiger partial charge is 0.452 e. The number of carbonyl (C=O) groups excluding carboxylic acids is 1. The SMILES string of the molecule is CC(=O)OC1(Oc2cccc(C#N)c2)CCCCC1. The summed E-state index contributed by atoms with van der Waals surface area (Å²) < 4.78 is 11.3. The standard InChI is InChI=1S/C15H17NO3/c1-12(17)18-15(8-3-2-4-9-15)19-14-7-5-6-13(10-14)11-16/h5-7,10H,2-4,8-9H2,1H3. The van der Waals surface area contributed by atoms with Crippen molar-refractivity contribution in [3.63, 3.8) is 0 Å². The van der Waals surface area contributed by atoms with Gasteiger partial charge in [0.05, 0.1) is 11.6 Å². The summed E-state index contributed by atoms with van der Waals surface area (Å²) in [5.41, 5.74) is 0.534. The van der Waals surface area contributed by atoms with Crippen molar-refractivity contribution in [3.8, 4) is 11.8 Å². The first-order valence-electron chi connectivity index (χ1n) is 6.52. The van der Waals surface area contributed by atoms with Crippen LogP contribution in [0, 0.1) is 11.3 Å². The molecule has 1 saturated carbocycles. The third kappa shape index (κ3) is 3.47. The molecule has 0 aromatic heterocycles. The molecule has 0 saturated heterocycles. The van der Waals surface area contributed by atoms with Gasteiger partial charge in [-0.05, 0) is 31.0 Å².